The molecule has 4 rings (SSSR count). The summed E-state index contributed by atoms with van der Waals surface area (Å²) in [6.45, 7) is 1.52. The number of ether oxygens (including phenoxy) is 1. The van der Waals surface area contributed by atoms with Crippen molar-refractivity contribution in [2.24, 2.45) is 27.9 Å². The van der Waals surface area contributed by atoms with Crippen LogP contribution in [0.25, 0.3) is 0 Å². The first kappa shape index (κ1) is 27.9. The number of allylic oxidation sites excluding steroid dienone is 1. The number of rotatable bonds is 4. The minimum Gasteiger partial charge on any atom is -0.457 e. The van der Waals surface area contributed by atoms with E-state index < -0.39 is 11.8 Å². The molecule has 0 saturated heterocycles. The Hall–Kier alpha value is -3.73. The predicted molar refractivity (Wildman–Crippen MR) is 149 cm³/mol. The summed E-state index contributed by atoms with van der Waals surface area (Å²) in [5, 5.41) is 0.603. The van der Waals surface area contributed by atoms with Crippen molar-refractivity contribution in [2.45, 2.75) is 12.8 Å². The summed E-state index contributed by atoms with van der Waals surface area (Å²) in [6, 6.07) is 14.3. The lowest BCUT2D eigenvalue weighted by atomic mass is 9.78. The second-order valence-electron chi connectivity index (χ2n) is 8.16. The standard InChI is InChI=1S/C25H24ClN5O3S.CH5N/c1-13(28)23(35)25(33)31-11-19-22(20(32)12-31)21(18(10-27)24(29)30-19)14-3-2-4-17(9-14)34-16-7-5-15(26)6-8-16;1-2/h2-10,21,35H,11-12,27-28H2,1H3,(H2,29,30);2H2,1H3/b18-10-,23-13-;. The van der Waals surface area contributed by atoms with Crippen LogP contribution in [0.5, 0.6) is 11.5 Å². The highest BCUT2D eigenvalue weighted by molar-refractivity contribution is 7.85. The van der Waals surface area contributed by atoms with E-state index in [1.54, 1.807) is 37.3 Å². The molecule has 9 nitrogen and oxygen atoms in total. The molecule has 2 aliphatic heterocycles. The molecule has 194 valence electrons. The summed E-state index contributed by atoms with van der Waals surface area (Å²) in [4.78, 5) is 32.0. The quantitative estimate of drug-likeness (QED) is 0.294. The zero-order valence-corrected chi connectivity index (χ0v) is 22.1. The normalized spacial score (nSPS) is 18.9. The molecule has 8 N–H and O–H groups in total. The summed E-state index contributed by atoms with van der Waals surface area (Å²) in [5.41, 5.74) is 24.7. The Balaban J connectivity index is 0.00000186. The average Bonchev–Trinajstić information content (AvgIpc) is 2.89. The van der Waals surface area contributed by atoms with Gasteiger partial charge in [0.1, 0.15) is 17.3 Å². The van der Waals surface area contributed by atoms with E-state index in [1.165, 1.54) is 18.1 Å². The molecule has 0 fully saturated rings. The van der Waals surface area contributed by atoms with Gasteiger partial charge in [0.05, 0.1) is 23.7 Å². The largest absolute Gasteiger partial charge is 0.457 e. The number of ketones is 1. The molecular weight excluding hydrogens is 512 g/mol. The fraction of sp³-hybridized carbons (Fsp3) is 0.192. The third-order valence-corrected chi connectivity index (χ3v) is 6.52. The van der Waals surface area contributed by atoms with Gasteiger partial charge in [0.25, 0.3) is 5.91 Å². The maximum atomic E-state index is 13.3. The number of carbonyl (C=O) groups excluding carboxylic acids is 2. The van der Waals surface area contributed by atoms with Crippen LogP contribution in [0.15, 0.2) is 87.2 Å². The van der Waals surface area contributed by atoms with Crippen LogP contribution in [-0.2, 0) is 9.59 Å². The second-order valence-corrected chi connectivity index (χ2v) is 9.04. The minimum absolute atomic E-state index is 0.0840. The predicted octanol–water partition coefficient (Wildman–Crippen LogP) is 2.79. The average molecular weight is 541 g/mol. The molecule has 2 heterocycles. The van der Waals surface area contributed by atoms with E-state index in [2.05, 4.69) is 23.4 Å². The van der Waals surface area contributed by atoms with E-state index in [0.29, 0.717) is 33.4 Å². The van der Waals surface area contributed by atoms with Gasteiger partial charge >= 0.3 is 0 Å². The minimum atomic E-state index is -0.562. The summed E-state index contributed by atoms with van der Waals surface area (Å²) in [5.74, 6) is 0.0802. The highest BCUT2D eigenvalue weighted by Crippen LogP contribution is 2.41. The van der Waals surface area contributed by atoms with Gasteiger partial charge in [0.2, 0.25) is 0 Å². The van der Waals surface area contributed by atoms with E-state index in [1.807, 2.05) is 18.2 Å². The van der Waals surface area contributed by atoms with Crippen LogP contribution in [0.3, 0.4) is 0 Å². The highest BCUT2D eigenvalue weighted by Gasteiger charge is 2.39. The van der Waals surface area contributed by atoms with Crippen molar-refractivity contribution in [3.05, 3.63) is 92.8 Å². The van der Waals surface area contributed by atoms with Crippen molar-refractivity contribution in [3.63, 3.8) is 0 Å². The molecule has 0 saturated carbocycles. The van der Waals surface area contributed by atoms with E-state index in [0.717, 1.165) is 5.56 Å². The lowest BCUT2D eigenvalue weighted by Crippen LogP contribution is -2.45. The number of halogens is 1. The Morgan fingerprint density at radius 3 is 2.46 bits per heavy atom. The molecule has 0 aromatic heterocycles. The third-order valence-electron chi connectivity index (χ3n) is 5.72. The molecule has 1 atom stereocenters. The van der Waals surface area contributed by atoms with Crippen molar-refractivity contribution >= 4 is 41.8 Å². The fourth-order valence-corrected chi connectivity index (χ4v) is 4.33. The number of hydrogen-bond donors (Lipinski definition) is 5. The maximum Gasteiger partial charge on any atom is 0.262 e. The van der Waals surface area contributed by atoms with E-state index >= 15 is 0 Å². The van der Waals surface area contributed by atoms with Crippen molar-refractivity contribution in [3.8, 4) is 11.5 Å². The summed E-state index contributed by atoms with van der Waals surface area (Å²) >= 11 is 10.1. The Morgan fingerprint density at radius 1 is 1.16 bits per heavy atom. The molecule has 0 spiro atoms. The maximum absolute atomic E-state index is 13.3. The Morgan fingerprint density at radius 2 is 1.84 bits per heavy atom. The van der Waals surface area contributed by atoms with E-state index in [4.69, 9.17) is 33.5 Å². The van der Waals surface area contributed by atoms with Crippen molar-refractivity contribution in [1.29, 1.82) is 0 Å². The van der Waals surface area contributed by atoms with Crippen molar-refractivity contribution in [1.82, 2.24) is 4.90 Å². The Labute approximate surface area is 225 Å². The number of amidine groups is 1. The molecular formula is C26H29ClN6O3S. The molecule has 0 bridgehead atoms. The number of hydrogen-bond acceptors (Lipinski definition) is 9. The monoisotopic (exact) mass is 540 g/mol. The van der Waals surface area contributed by atoms with Gasteiger partial charge in [-0.1, -0.05) is 23.7 Å². The first-order chi connectivity index (χ1) is 17.7. The molecule has 1 unspecified atom stereocenters. The molecule has 2 aromatic rings. The molecule has 37 heavy (non-hydrogen) atoms. The molecule has 1 amide bonds. The highest BCUT2D eigenvalue weighted by atomic mass is 35.5. The Bertz CT molecular complexity index is 1330. The number of thiol groups is 1. The van der Waals surface area contributed by atoms with Crippen LogP contribution < -0.4 is 27.7 Å². The second kappa shape index (κ2) is 12.0. The number of benzene rings is 2. The molecule has 0 radical (unpaired) electrons. The first-order valence-corrected chi connectivity index (χ1v) is 12.1. The SMILES string of the molecule is C/C(N)=C(/S)C(=O)N1CC(=O)C2=C(C1)N=C(N)/C(=C\N)C2c1cccc(Oc2ccc(Cl)cc2)c1.CN. The van der Waals surface area contributed by atoms with Gasteiger partial charge in [-0.05, 0) is 55.9 Å². The lowest BCUT2D eigenvalue weighted by Gasteiger charge is -2.35. The number of nitrogens with two attached hydrogens (primary N) is 4. The van der Waals surface area contributed by atoms with Gasteiger partial charge in [0.15, 0.2) is 5.78 Å². The molecule has 0 aliphatic carbocycles. The summed E-state index contributed by atoms with van der Waals surface area (Å²) in [6.07, 6.45) is 1.36. The van der Waals surface area contributed by atoms with Crippen LogP contribution in [0.4, 0.5) is 0 Å². The third kappa shape index (κ3) is 5.99. The van der Waals surface area contributed by atoms with Crippen LogP contribution in [0.2, 0.25) is 5.02 Å². The van der Waals surface area contributed by atoms with Crippen LogP contribution >= 0.6 is 24.2 Å². The van der Waals surface area contributed by atoms with Crippen LogP contribution in [0, 0.1) is 0 Å². The number of carbonyl (C=O) groups is 2. The van der Waals surface area contributed by atoms with E-state index in [-0.39, 0.29) is 35.3 Å². The van der Waals surface area contributed by atoms with Gasteiger partial charge in [-0.2, -0.15) is 0 Å². The van der Waals surface area contributed by atoms with Gasteiger partial charge < -0.3 is 32.6 Å². The first-order valence-electron chi connectivity index (χ1n) is 11.3. The number of amides is 1. The van der Waals surface area contributed by atoms with Gasteiger partial charge in [-0.25, -0.2) is 4.99 Å². The fourth-order valence-electron chi connectivity index (χ4n) is 4.06. The molecule has 11 heteroatoms. The number of aliphatic imine (C=N–C) groups is 1. The molecule has 2 aromatic carbocycles. The van der Waals surface area contributed by atoms with Crippen molar-refractivity contribution < 1.29 is 14.3 Å². The van der Waals surface area contributed by atoms with Gasteiger partial charge in [-0.15, -0.1) is 12.6 Å². The lowest BCUT2D eigenvalue weighted by molar-refractivity contribution is -0.131. The van der Waals surface area contributed by atoms with Crippen LogP contribution in [-0.4, -0.2) is 42.6 Å². The number of Topliss-reactive ketones (excluding diaryl/α,β-unsaturated/α-hetero) is 1. The van der Waals surface area contributed by atoms with E-state index in [9.17, 15) is 9.59 Å². The van der Waals surface area contributed by atoms with Crippen molar-refractivity contribution in [2.75, 3.05) is 20.1 Å². The van der Waals surface area contributed by atoms with Gasteiger partial charge in [0, 0.05) is 34.0 Å². The topological polar surface area (TPSA) is 163 Å². The summed E-state index contributed by atoms with van der Waals surface area (Å²) < 4.78 is 5.97. The summed E-state index contributed by atoms with van der Waals surface area (Å²) in [7, 11) is 1.50. The smallest absolute Gasteiger partial charge is 0.262 e. The van der Waals surface area contributed by atoms with Gasteiger partial charge in [-0.3, -0.25) is 9.59 Å². The zero-order chi connectivity index (χ0) is 27.3. The van der Waals surface area contributed by atoms with Crippen LogP contribution in [0.1, 0.15) is 18.4 Å². The zero-order valence-electron chi connectivity index (χ0n) is 20.4. The Kier molecular flexibility index (Phi) is 9.04. The number of nitrogens with zero attached hydrogens (tertiary/aromatic N) is 2. The molecule has 2 aliphatic rings.